The molecule has 2 rings (SSSR count). The van der Waals surface area contributed by atoms with Crippen LogP contribution in [0.2, 0.25) is 0 Å². The van der Waals surface area contributed by atoms with Crippen molar-refractivity contribution in [2.75, 3.05) is 25.1 Å². The van der Waals surface area contributed by atoms with Gasteiger partial charge in [0.1, 0.15) is 5.75 Å². The first kappa shape index (κ1) is 14.9. The number of anilines is 1. The SMILES string of the molecule is CCCNC1CCCN(c2ccc(OC)cc2C)C1=O. The summed E-state index contributed by atoms with van der Waals surface area (Å²) in [7, 11) is 1.66. The van der Waals surface area contributed by atoms with E-state index < -0.39 is 0 Å². The molecular formula is C16H24N2O2. The van der Waals surface area contributed by atoms with Crippen molar-refractivity contribution in [3.8, 4) is 5.75 Å². The summed E-state index contributed by atoms with van der Waals surface area (Å²) in [6, 6.07) is 5.84. The molecule has 4 heteroatoms. The molecule has 4 nitrogen and oxygen atoms in total. The third kappa shape index (κ3) is 3.12. The maximum absolute atomic E-state index is 12.6. The summed E-state index contributed by atoms with van der Waals surface area (Å²) >= 11 is 0. The number of hydrogen-bond acceptors (Lipinski definition) is 3. The molecule has 1 aliphatic rings. The summed E-state index contributed by atoms with van der Waals surface area (Å²) in [5, 5.41) is 3.35. The largest absolute Gasteiger partial charge is 0.497 e. The van der Waals surface area contributed by atoms with Crippen LogP contribution in [0.25, 0.3) is 0 Å². The first-order valence-corrected chi connectivity index (χ1v) is 7.36. The molecule has 0 aromatic heterocycles. The fourth-order valence-corrected chi connectivity index (χ4v) is 2.68. The molecule has 0 spiro atoms. The van der Waals surface area contributed by atoms with E-state index in [0.29, 0.717) is 0 Å². The molecule has 1 atom stereocenters. The number of nitrogens with one attached hydrogen (secondary N) is 1. The molecule has 1 amide bonds. The fourth-order valence-electron chi connectivity index (χ4n) is 2.68. The van der Waals surface area contributed by atoms with Crippen molar-refractivity contribution >= 4 is 11.6 Å². The van der Waals surface area contributed by atoms with Crippen LogP contribution in [0.1, 0.15) is 31.7 Å². The lowest BCUT2D eigenvalue weighted by Crippen LogP contribution is -2.51. The summed E-state index contributed by atoms with van der Waals surface area (Å²) in [5.41, 5.74) is 2.08. The van der Waals surface area contributed by atoms with Crippen LogP contribution in [-0.2, 0) is 4.79 Å². The zero-order chi connectivity index (χ0) is 14.5. The Balaban J connectivity index is 2.17. The van der Waals surface area contributed by atoms with Gasteiger partial charge in [-0.1, -0.05) is 6.92 Å². The molecule has 1 aliphatic heterocycles. The van der Waals surface area contributed by atoms with Crippen LogP contribution in [-0.4, -0.2) is 32.1 Å². The second-order valence-corrected chi connectivity index (χ2v) is 5.29. The fraction of sp³-hybridized carbons (Fsp3) is 0.562. The van der Waals surface area contributed by atoms with Gasteiger partial charge in [0.15, 0.2) is 0 Å². The van der Waals surface area contributed by atoms with E-state index in [9.17, 15) is 4.79 Å². The third-order valence-electron chi connectivity index (χ3n) is 3.77. The van der Waals surface area contributed by atoms with Gasteiger partial charge in [0.25, 0.3) is 0 Å². The number of carbonyl (C=O) groups is 1. The van der Waals surface area contributed by atoms with Crippen molar-refractivity contribution in [3.63, 3.8) is 0 Å². The van der Waals surface area contributed by atoms with Crippen LogP contribution in [0.3, 0.4) is 0 Å². The zero-order valence-corrected chi connectivity index (χ0v) is 12.6. The molecule has 20 heavy (non-hydrogen) atoms. The van der Waals surface area contributed by atoms with Crippen molar-refractivity contribution in [2.45, 2.75) is 39.2 Å². The van der Waals surface area contributed by atoms with E-state index in [1.807, 2.05) is 30.0 Å². The summed E-state index contributed by atoms with van der Waals surface area (Å²) in [5.74, 6) is 1.02. The summed E-state index contributed by atoms with van der Waals surface area (Å²) in [6.45, 7) is 5.84. The molecule has 0 saturated carbocycles. The van der Waals surface area contributed by atoms with E-state index >= 15 is 0 Å². The van der Waals surface area contributed by atoms with Crippen LogP contribution in [0, 0.1) is 6.92 Å². The first-order chi connectivity index (χ1) is 9.67. The van der Waals surface area contributed by atoms with E-state index in [0.717, 1.165) is 49.4 Å². The number of carbonyl (C=O) groups excluding carboxylic acids is 1. The smallest absolute Gasteiger partial charge is 0.244 e. The van der Waals surface area contributed by atoms with Crippen molar-refractivity contribution in [3.05, 3.63) is 23.8 Å². The second kappa shape index (κ2) is 6.75. The van der Waals surface area contributed by atoms with Gasteiger partial charge in [-0.15, -0.1) is 0 Å². The molecule has 1 heterocycles. The number of benzene rings is 1. The number of nitrogens with zero attached hydrogens (tertiary/aromatic N) is 1. The van der Waals surface area contributed by atoms with Gasteiger partial charge in [-0.05, 0) is 56.5 Å². The van der Waals surface area contributed by atoms with Crippen LogP contribution in [0.5, 0.6) is 5.75 Å². The van der Waals surface area contributed by atoms with Crippen molar-refractivity contribution in [1.29, 1.82) is 0 Å². The lowest BCUT2D eigenvalue weighted by atomic mass is 10.0. The highest BCUT2D eigenvalue weighted by molar-refractivity contribution is 5.98. The molecule has 1 saturated heterocycles. The average Bonchev–Trinajstić information content (AvgIpc) is 2.46. The maximum atomic E-state index is 12.6. The van der Waals surface area contributed by atoms with Gasteiger partial charge in [-0.25, -0.2) is 0 Å². The minimum Gasteiger partial charge on any atom is -0.497 e. The Kier molecular flexibility index (Phi) is 5.01. The molecule has 110 valence electrons. The number of ether oxygens (including phenoxy) is 1. The van der Waals surface area contributed by atoms with Gasteiger partial charge in [0.05, 0.1) is 13.2 Å². The van der Waals surface area contributed by atoms with Gasteiger partial charge >= 0.3 is 0 Å². The molecule has 0 bridgehead atoms. The molecule has 0 aliphatic carbocycles. The summed E-state index contributed by atoms with van der Waals surface area (Å²) < 4.78 is 5.22. The topological polar surface area (TPSA) is 41.6 Å². The summed E-state index contributed by atoms with van der Waals surface area (Å²) in [6.07, 6.45) is 3.02. The predicted octanol–water partition coefficient (Wildman–Crippen LogP) is 2.50. The Morgan fingerprint density at radius 3 is 2.90 bits per heavy atom. The van der Waals surface area contributed by atoms with Crippen molar-refractivity contribution in [1.82, 2.24) is 5.32 Å². The average molecular weight is 276 g/mol. The quantitative estimate of drug-likeness (QED) is 0.898. The minimum atomic E-state index is -0.0369. The predicted molar refractivity (Wildman–Crippen MR) is 81.4 cm³/mol. The van der Waals surface area contributed by atoms with Gasteiger partial charge in [0.2, 0.25) is 5.91 Å². The highest BCUT2D eigenvalue weighted by atomic mass is 16.5. The Morgan fingerprint density at radius 1 is 1.45 bits per heavy atom. The molecule has 1 N–H and O–H groups in total. The second-order valence-electron chi connectivity index (χ2n) is 5.29. The van der Waals surface area contributed by atoms with Crippen LogP contribution < -0.4 is 15.0 Å². The Morgan fingerprint density at radius 2 is 2.25 bits per heavy atom. The highest BCUT2D eigenvalue weighted by Gasteiger charge is 2.29. The lowest BCUT2D eigenvalue weighted by molar-refractivity contribution is -0.121. The number of methoxy groups -OCH3 is 1. The normalized spacial score (nSPS) is 19.2. The van der Waals surface area contributed by atoms with Crippen LogP contribution >= 0.6 is 0 Å². The van der Waals surface area contributed by atoms with Crippen LogP contribution in [0.15, 0.2) is 18.2 Å². The van der Waals surface area contributed by atoms with Crippen LogP contribution in [0.4, 0.5) is 5.69 Å². The number of piperidine rings is 1. The van der Waals surface area contributed by atoms with Gasteiger partial charge in [-0.3, -0.25) is 4.79 Å². The molecule has 0 radical (unpaired) electrons. The highest BCUT2D eigenvalue weighted by Crippen LogP contribution is 2.27. The van der Waals surface area contributed by atoms with Gasteiger partial charge in [0, 0.05) is 12.2 Å². The molecule has 1 unspecified atom stereocenters. The third-order valence-corrected chi connectivity index (χ3v) is 3.77. The molecule has 1 aromatic carbocycles. The standard InChI is InChI=1S/C16H24N2O2/c1-4-9-17-14-6-5-10-18(16(14)19)15-8-7-13(20-3)11-12(15)2/h7-8,11,14,17H,4-6,9-10H2,1-3H3. The van der Waals surface area contributed by atoms with E-state index in [2.05, 4.69) is 12.2 Å². The Bertz CT molecular complexity index is 474. The van der Waals surface area contributed by atoms with E-state index in [4.69, 9.17) is 4.74 Å². The lowest BCUT2D eigenvalue weighted by Gasteiger charge is -2.33. The van der Waals surface area contributed by atoms with Gasteiger partial charge in [-0.2, -0.15) is 0 Å². The molecule has 1 aromatic rings. The molecular weight excluding hydrogens is 252 g/mol. The Hall–Kier alpha value is -1.55. The maximum Gasteiger partial charge on any atom is 0.244 e. The molecule has 1 fully saturated rings. The number of rotatable bonds is 5. The first-order valence-electron chi connectivity index (χ1n) is 7.36. The van der Waals surface area contributed by atoms with E-state index in [1.54, 1.807) is 7.11 Å². The number of amides is 1. The Labute approximate surface area is 121 Å². The number of aryl methyl sites for hydroxylation is 1. The summed E-state index contributed by atoms with van der Waals surface area (Å²) in [4.78, 5) is 14.5. The van der Waals surface area contributed by atoms with E-state index in [1.165, 1.54) is 0 Å². The zero-order valence-electron chi connectivity index (χ0n) is 12.6. The number of hydrogen-bond donors (Lipinski definition) is 1. The van der Waals surface area contributed by atoms with Crippen molar-refractivity contribution < 1.29 is 9.53 Å². The monoisotopic (exact) mass is 276 g/mol. The van der Waals surface area contributed by atoms with Crippen molar-refractivity contribution in [2.24, 2.45) is 0 Å². The van der Waals surface area contributed by atoms with Gasteiger partial charge < -0.3 is 15.0 Å². The minimum absolute atomic E-state index is 0.0369. The van der Waals surface area contributed by atoms with E-state index in [-0.39, 0.29) is 11.9 Å².